The SMILES string of the molecule is N#Cc1ccc(NC(=O)NC(CC(N)=O)C(=O)O)c(F)c1. The number of benzene rings is 1. The number of carboxylic acid groups (broad SMARTS) is 1. The zero-order valence-corrected chi connectivity index (χ0v) is 10.6. The molecule has 1 aromatic rings. The molecule has 0 spiro atoms. The molecular weight excluding hydrogens is 283 g/mol. The third kappa shape index (κ3) is 4.79. The average Bonchev–Trinajstić information content (AvgIpc) is 2.39. The summed E-state index contributed by atoms with van der Waals surface area (Å²) in [5, 5.41) is 21.4. The van der Waals surface area contributed by atoms with Gasteiger partial charge >= 0.3 is 12.0 Å². The molecule has 3 amide bonds. The molecule has 0 aromatic heterocycles. The number of hydrogen-bond acceptors (Lipinski definition) is 4. The Balaban J connectivity index is 2.75. The summed E-state index contributed by atoms with van der Waals surface area (Å²) in [5.41, 5.74) is 4.68. The molecule has 0 heterocycles. The molecule has 0 fully saturated rings. The summed E-state index contributed by atoms with van der Waals surface area (Å²) in [6.07, 6.45) is -0.599. The number of carbonyl (C=O) groups excluding carboxylic acids is 2. The van der Waals surface area contributed by atoms with Gasteiger partial charge in [0.1, 0.15) is 11.9 Å². The van der Waals surface area contributed by atoms with E-state index in [1.807, 2.05) is 5.32 Å². The summed E-state index contributed by atoms with van der Waals surface area (Å²) in [6.45, 7) is 0. The Hall–Kier alpha value is -3.15. The van der Waals surface area contributed by atoms with Crippen molar-refractivity contribution in [1.29, 1.82) is 5.26 Å². The number of carbonyl (C=O) groups is 3. The number of hydrogen-bond donors (Lipinski definition) is 4. The molecule has 0 saturated heterocycles. The number of aliphatic carboxylic acids is 1. The first-order valence-corrected chi connectivity index (χ1v) is 5.61. The van der Waals surface area contributed by atoms with Crippen LogP contribution >= 0.6 is 0 Å². The minimum atomic E-state index is -1.52. The van der Waals surface area contributed by atoms with E-state index >= 15 is 0 Å². The smallest absolute Gasteiger partial charge is 0.326 e. The first-order valence-electron chi connectivity index (χ1n) is 5.61. The lowest BCUT2D eigenvalue weighted by atomic mass is 10.2. The fraction of sp³-hybridized carbons (Fsp3) is 0.167. The summed E-state index contributed by atoms with van der Waals surface area (Å²) >= 11 is 0. The Morgan fingerprint density at radius 3 is 2.57 bits per heavy atom. The van der Waals surface area contributed by atoms with Gasteiger partial charge in [-0.1, -0.05) is 0 Å². The average molecular weight is 294 g/mol. The highest BCUT2D eigenvalue weighted by Gasteiger charge is 2.22. The van der Waals surface area contributed by atoms with E-state index in [0.717, 1.165) is 12.1 Å². The molecule has 0 radical (unpaired) electrons. The fourth-order valence-electron chi connectivity index (χ4n) is 1.40. The van der Waals surface area contributed by atoms with Crippen LogP contribution < -0.4 is 16.4 Å². The number of carboxylic acids is 1. The first-order chi connectivity index (χ1) is 9.83. The monoisotopic (exact) mass is 294 g/mol. The molecule has 0 aliphatic rings. The van der Waals surface area contributed by atoms with Crippen LogP contribution in [0.15, 0.2) is 18.2 Å². The van der Waals surface area contributed by atoms with Crippen molar-refractivity contribution in [1.82, 2.24) is 5.32 Å². The van der Waals surface area contributed by atoms with Gasteiger partial charge < -0.3 is 21.5 Å². The zero-order chi connectivity index (χ0) is 16.0. The van der Waals surface area contributed by atoms with Gasteiger partial charge in [0.2, 0.25) is 5.91 Å². The summed E-state index contributed by atoms with van der Waals surface area (Å²) in [5.74, 6) is -3.22. The Labute approximate surface area is 118 Å². The van der Waals surface area contributed by atoms with Crippen molar-refractivity contribution in [3.63, 3.8) is 0 Å². The summed E-state index contributed by atoms with van der Waals surface area (Å²) in [7, 11) is 0. The van der Waals surface area contributed by atoms with Gasteiger partial charge in [0.05, 0.1) is 23.7 Å². The van der Waals surface area contributed by atoms with Crippen LogP contribution in [0.4, 0.5) is 14.9 Å². The molecule has 110 valence electrons. The number of nitrogens with zero attached hydrogens (tertiary/aromatic N) is 1. The van der Waals surface area contributed by atoms with Crippen LogP contribution in [-0.4, -0.2) is 29.1 Å². The molecule has 1 atom stereocenters. The standard InChI is InChI=1S/C12H11FN4O4/c13-7-3-6(5-14)1-2-8(7)16-12(21)17-9(11(19)20)4-10(15)18/h1-3,9H,4H2,(H2,15,18)(H,19,20)(H2,16,17,21). The molecule has 0 saturated carbocycles. The summed E-state index contributed by atoms with van der Waals surface area (Å²) in [6, 6.07) is 2.51. The van der Waals surface area contributed by atoms with E-state index in [-0.39, 0.29) is 11.3 Å². The highest BCUT2D eigenvalue weighted by Crippen LogP contribution is 2.15. The topological polar surface area (TPSA) is 145 Å². The number of rotatable bonds is 5. The van der Waals surface area contributed by atoms with Gasteiger partial charge in [-0.2, -0.15) is 5.26 Å². The second kappa shape index (κ2) is 6.85. The van der Waals surface area contributed by atoms with E-state index in [4.69, 9.17) is 16.1 Å². The van der Waals surface area contributed by atoms with Crippen LogP contribution in [0.1, 0.15) is 12.0 Å². The summed E-state index contributed by atoms with van der Waals surface area (Å²) in [4.78, 5) is 33.0. The molecule has 9 heteroatoms. The third-order valence-corrected chi connectivity index (χ3v) is 2.36. The van der Waals surface area contributed by atoms with Crippen LogP contribution in [-0.2, 0) is 9.59 Å². The fourth-order valence-corrected chi connectivity index (χ4v) is 1.40. The van der Waals surface area contributed by atoms with Gasteiger partial charge in [-0.15, -0.1) is 0 Å². The largest absolute Gasteiger partial charge is 0.480 e. The van der Waals surface area contributed by atoms with Crippen molar-refractivity contribution < 1.29 is 23.9 Å². The van der Waals surface area contributed by atoms with Crippen LogP contribution in [0.3, 0.4) is 0 Å². The zero-order valence-electron chi connectivity index (χ0n) is 10.6. The molecular formula is C12H11FN4O4. The van der Waals surface area contributed by atoms with Crippen LogP contribution in [0.5, 0.6) is 0 Å². The number of nitrogens with one attached hydrogen (secondary N) is 2. The minimum Gasteiger partial charge on any atom is -0.480 e. The van der Waals surface area contributed by atoms with Gasteiger partial charge in [-0.05, 0) is 18.2 Å². The predicted octanol–water partition coefficient (Wildman–Crippen LogP) is 0.147. The molecule has 0 aliphatic carbocycles. The van der Waals surface area contributed by atoms with Crippen molar-refractivity contribution in [3.8, 4) is 6.07 Å². The molecule has 1 rings (SSSR count). The Kier molecular flexibility index (Phi) is 5.19. The Morgan fingerprint density at radius 2 is 2.10 bits per heavy atom. The van der Waals surface area contributed by atoms with Gasteiger partial charge in [0.25, 0.3) is 0 Å². The molecule has 8 nitrogen and oxygen atoms in total. The number of urea groups is 1. The van der Waals surface area contributed by atoms with E-state index in [1.54, 1.807) is 6.07 Å². The molecule has 0 bridgehead atoms. The molecule has 1 aromatic carbocycles. The van der Waals surface area contributed by atoms with Crippen LogP contribution in [0.25, 0.3) is 0 Å². The Bertz CT molecular complexity index is 626. The van der Waals surface area contributed by atoms with Crippen molar-refractivity contribution in [3.05, 3.63) is 29.6 Å². The maximum Gasteiger partial charge on any atom is 0.326 e. The minimum absolute atomic E-state index is 0.0654. The van der Waals surface area contributed by atoms with Crippen molar-refractivity contribution in [2.24, 2.45) is 5.73 Å². The predicted molar refractivity (Wildman–Crippen MR) is 68.5 cm³/mol. The maximum atomic E-state index is 13.5. The maximum absolute atomic E-state index is 13.5. The van der Waals surface area contributed by atoms with Gasteiger partial charge in [-0.3, -0.25) is 4.79 Å². The number of halogens is 1. The van der Waals surface area contributed by atoms with E-state index in [2.05, 4.69) is 5.32 Å². The van der Waals surface area contributed by atoms with E-state index in [0.29, 0.717) is 0 Å². The molecule has 21 heavy (non-hydrogen) atoms. The number of anilines is 1. The lowest BCUT2D eigenvalue weighted by Crippen LogP contribution is -2.45. The van der Waals surface area contributed by atoms with Gasteiger partial charge in [-0.25, -0.2) is 14.0 Å². The van der Waals surface area contributed by atoms with E-state index < -0.39 is 36.2 Å². The van der Waals surface area contributed by atoms with Gasteiger partial charge in [0, 0.05) is 0 Å². The van der Waals surface area contributed by atoms with E-state index in [9.17, 15) is 18.8 Å². The molecule has 0 aliphatic heterocycles. The van der Waals surface area contributed by atoms with Crippen molar-refractivity contribution in [2.45, 2.75) is 12.5 Å². The molecule has 5 N–H and O–H groups in total. The van der Waals surface area contributed by atoms with E-state index in [1.165, 1.54) is 6.07 Å². The second-order valence-corrected chi connectivity index (χ2v) is 3.97. The van der Waals surface area contributed by atoms with Crippen LogP contribution in [0.2, 0.25) is 0 Å². The lowest BCUT2D eigenvalue weighted by Gasteiger charge is -2.14. The van der Waals surface area contributed by atoms with Crippen molar-refractivity contribution in [2.75, 3.05) is 5.32 Å². The number of amides is 3. The first kappa shape index (κ1) is 15.9. The quantitative estimate of drug-likeness (QED) is 0.610. The van der Waals surface area contributed by atoms with Crippen molar-refractivity contribution >= 4 is 23.6 Å². The highest BCUT2D eigenvalue weighted by atomic mass is 19.1. The third-order valence-electron chi connectivity index (χ3n) is 2.36. The lowest BCUT2D eigenvalue weighted by molar-refractivity contribution is -0.140. The second-order valence-electron chi connectivity index (χ2n) is 3.97. The summed E-state index contributed by atoms with van der Waals surface area (Å²) < 4.78 is 13.5. The van der Waals surface area contributed by atoms with Gasteiger partial charge in [0.15, 0.2) is 0 Å². The highest BCUT2D eigenvalue weighted by molar-refractivity contribution is 5.93. The van der Waals surface area contributed by atoms with Crippen LogP contribution in [0, 0.1) is 17.1 Å². The number of nitrogens with two attached hydrogens (primary N) is 1. The number of primary amides is 1. The normalized spacial score (nSPS) is 11.0. The number of nitriles is 1. The molecule has 1 unspecified atom stereocenters. The Morgan fingerprint density at radius 1 is 1.43 bits per heavy atom.